The van der Waals surface area contributed by atoms with Crippen LogP contribution in [-0.4, -0.2) is 44.7 Å². The van der Waals surface area contributed by atoms with Gasteiger partial charge in [-0.05, 0) is 18.1 Å². The standard InChI is InChI=1S/C16H26N2O/c1-4-14(2)13-17-8-10-18(11-9-17)15-6-5-7-16(12-15)19-3/h5-7,12,14H,4,8-11,13H2,1-3H3. The van der Waals surface area contributed by atoms with Crippen molar-refractivity contribution in [1.82, 2.24) is 4.90 Å². The van der Waals surface area contributed by atoms with Crippen molar-refractivity contribution in [3.8, 4) is 5.75 Å². The summed E-state index contributed by atoms with van der Waals surface area (Å²) in [7, 11) is 1.73. The summed E-state index contributed by atoms with van der Waals surface area (Å²) in [6, 6.07) is 8.37. The molecule has 1 aromatic carbocycles. The van der Waals surface area contributed by atoms with E-state index >= 15 is 0 Å². The quantitative estimate of drug-likeness (QED) is 0.811. The van der Waals surface area contributed by atoms with Crippen LogP contribution in [0.3, 0.4) is 0 Å². The van der Waals surface area contributed by atoms with Gasteiger partial charge in [-0.1, -0.05) is 26.3 Å². The van der Waals surface area contributed by atoms with Crippen LogP contribution >= 0.6 is 0 Å². The van der Waals surface area contributed by atoms with Crippen LogP contribution in [0.4, 0.5) is 5.69 Å². The van der Waals surface area contributed by atoms with Crippen LogP contribution in [0.25, 0.3) is 0 Å². The van der Waals surface area contributed by atoms with Crippen molar-refractivity contribution in [3.05, 3.63) is 24.3 Å². The molecule has 1 fully saturated rings. The topological polar surface area (TPSA) is 15.7 Å². The molecule has 1 aromatic rings. The van der Waals surface area contributed by atoms with Crippen molar-refractivity contribution < 1.29 is 4.74 Å². The van der Waals surface area contributed by atoms with Crippen molar-refractivity contribution in [2.75, 3.05) is 44.7 Å². The molecule has 3 heteroatoms. The van der Waals surface area contributed by atoms with E-state index in [2.05, 4.69) is 41.8 Å². The van der Waals surface area contributed by atoms with Gasteiger partial charge in [0.15, 0.2) is 0 Å². The molecular weight excluding hydrogens is 236 g/mol. The Morgan fingerprint density at radius 2 is 1.95 bits per heavy atom. The number of nitrogens with zero attached hydrogens (tertiary/aromatic N) is 2. The highest BCUT2D eigenvalue weighted by molar-refractivity contribution is 5.51. The lowest BCUT2D eigenvalue weighted by molar-refractivity contribution is 0.222. The van der Waals surface area contributed by atoms with E-state index in [1.54, 1.807) is 7.11 Å². The zero-order chi connectivity index (χ0) is 13.7. The van der Waals surface area contributed by atoms with Gasteiger partial charge in [0.2, 0.25) is 0 Å². The Kier molecular flexibility index (Phi) is 5.08. The Morgan fingerprint density at radius 3 is 2.58 bits per heavy atom. The average molecular weight is 262 g/mol. The summed E-state index contributed by atoms with van der Waals surface area (Å²) in [4.78, 5) is 5.04. The van der Waals surface area contributed by atoms with E-state index < -0.39 is 0 Å². The lowest BCUT2D eigenvalue weighted by Crippen LogP contribution is -2.47. The highest BCUT2D eigenvalue weighted by Gasteiger charge is 2.18. The van der Waals surface area contributed by atoms with Gasteiger partial charge in [0.05, 0.1) is 7.11 Å². The largest absolute Gasteiger partial charge is 0.497 e. The minimum atomic E-state index is 0.809. The Balaban J connectivity index is 1.88. The van der Waals surface area contributed by atoms with Gasteiger partial charge in [0, 0.05) is 44.5 Å². The number of methoxy groups -OCH3 is 1. The summed E-state index contributed by atoms with van der Waals surface area (Å²) in [6.45, 7) is 10.4. The molecule has 0 spiro atoms. The van der Waals surface area contributed by atoms with Crippen LogP contribution in [0.15, 0.2) is 24.3 Å². The Hall–Kier alpha value is -1.22. The first kappa shape index (κ1) is 14.2. The molecule has 1 unspecified atom stereocenters. The summed E-state index contributed by atoms with van der Waals surface area (Å²) in [6.07, 6.45) is 1.27. The molecule has 2 rings (SSSR count). The molecular formula is C16H26N2O. The second kappa shape index (κ2) is 6.80. The second-order valence-electron chi connectivity index (χ2n) is 5.50. The van der Waals surface area contributed by atoms with E-state index in [0.29, 0.717) is 0 Å². The predicted octanol–water partition coefficient (Wildman–Crippen LogP) is 2.86. The van der Waals surface area contributed by atoms with E-state index in [9.17, 15) is 0 Å². The van der Waals surface area contributed by atoms with Crippen molar-refractivity contribution in [1.29, 1.82) is 0 Å². The summed E-state index contributed by atoms with van der Waals surface area (Å²) in [5.74, 6) is 1.75. The molecule has 0 N–H and O–H groups in total. The minimum Gasteiger partial charge on any atom is -0.497 e. The first-order valence-corrected chi connectivity index (χ1v) is 7.34. The molecule has 0 aliphatic carbocycles. The van der Waals surface area contributed by atoms with Crippen LogP contribution < -0.4 is 9.64 Å². The van der Waals surface area contributed by atoms with Crippen LogP contribution in [0, 0.1) is 5.92 Å². The Morgan fingerprint density at radius 1 is 1.21 bits per heavy atom. The molecule has 1 atom stereocenters. The molecule has 0 bridgehead atoms. The fourth-order valence-corrected chi connectivity index (χ4v) is 2.57. The molecule has 3 nitrogen and oxygen atoms in total. The fraction of sp³-hybridized carbons (Fsp3) is 0.625. The molecule has 106 valence electrons. The Labute approximate surface area is 117 Å². The molecule has 0 saturated carbocycles. The number of ether oxygens (including phenoxy) is 1. The first-order valence-electron chi connectivity index (χ1n) is 7.34. The zero-order valence-electron chi connectivity index (χ0n) is 12.4. The average Bonchev–Trinajstić information content (AvgIpc) is 2.48. The van der Waals surface area contributed by atoms with E-state index in [-0.39, 0.29) is 0 Å². The lowest BCUT2D eigenvalue weighted by Gasteiger charge is -2.37. The first-order chi connectivity index (χ1) is 9.22. The summed E-state index contributed by atoms with van der Waals surface area (Å²) in [5, 5.41) is 0. The van der Waals surface area contributed by atoms with Crippen LogP contribution in [0.1, 0.15) is 20.3 Å². The molecule has 1 aliphatic heterocycles. The minimum absolute atomic E-state index is 0.809. The van der Waals surface area contributed by atoms with Gasteiger partial charge in [-0.15, -0.1) is 0 Å². The van der Waals surface area contributed by atoms with Crippen molar-refractivity contribution >= 4 is 5.69 Å². The Bertz CT molecular complexity index is 386. The van der Waals surface area contributed by atoms with E-state index in [0.717, 1.165) is 24.8 Å². The molecule has 1 saturated heterocycles. The smallest absolute Gasteiger partial charge is 0.120 e. The van der Waals surface area contributed by atoms with Crippen molar-refractivity contribution in [2.45, 2.75) is 20.3 Å². The summed E-state index contributed by atoms with van der Waals surface area (Å²) in [5.41, 5.74) is 1.28. The number of hydrogen-bond acceptors (Lipinski definition) is 3. The normalized spacial score (nSPS) is 18.4. The van der Waals surface area contributed by atoms with Gasteiger partial charge < -0.3 is 9.64 Å². The molecule has 0 amide bonds. The monoisotopic (exact) mass is 262 g/mol. The van der Waals surface area contributed by atoms with E-state index in [1.807, 2.05) is 6.07 Å². The maximum Gasteiger partial charge on any atom is 0.120 e. The molecule has 0 radical (unpaired) electrons. The molecule has 0 aromatic heterocycles. The number of anilines is 1. The maximum absolute atomic E-state index is 5.30. The van der Waals surface area contributed by atoms with Gasteiger partial charge in [-0.2, -0.15) is 0 Å². The third kappa shape index (κ3) is 3.87. The fourth-order valence-electron chi connectivity index (χ4n) is 2.57. The van der Waals surface area contributed by atoms with E-state index in [1.165, 1.54) is 31.7 Å². The van der Waals surface area contributed by atoms with E-state index in [4.69, 9.17) is 4.74 Å². The highest BCUT2D eigenvalue weighted by atomic mass is 16.5. The van der Waals surface area contributed by atoms with Crippen LogP contribution in [-0.2, 0) is 0 Å². The third-order valence-electron chi connectivity index (χ3n) is 4.06. The lowest BCUT2D eigenvalue weighted by atomic mass is 10.1. The summed E-state index contributed by atoms with van der Waals surface area (Å²) >= 11 is 0. The van der Waals surface area contributed by atoms with Crippen molar-refractivity contribution in [3.63, 3.8) is 0 Å². The summed E-state index contributed by atoms with van der Waals surface area (Å²) < 4.78 is 5.30. The number of piperazine rings is 1. The van der Waals surface area contributed by atoms with Gasteiger partial charge in [0.1, 0.15) is 5.75 Å². The van der Waals surface area contributed by atoms with Gasteiger partial charge >= 0.3 is 0 Å². The number of hydrogen-bond donors (Lipinski definition) is 0. The van der Waals surface area contributed by atoms with Gasteiger partial charge in [0.25, 0.3) is 0 Å². The highest BCUT2D eigenvalue weighted by Crippen LogP contribution is 2.22. The van der Waals surface area contributed by atoms with Crippen LogP contribution in [0.5, 0.6) is 5.75 Å². The van der Waals surface area contributed by atoms with Crippen molar-refractivity contribution in [2.24, 2.45) is 5.92 Å². The van der Waals surface area contributed by atoms with Crippen LogP contribution in [0.2, 0.25) is 0 Å². The number of rotatable bonds is 5. The molecule has 1 heterocycles. The van der Waals surface area contributed by atoms with Gasteiger partial charge in [-0.3, -0.25) is 4.90 Å². The second-order valence-corrected chi connectivity index (χ2v) is 5.50. The SMILES string of the molecule is CCC(C)CN1CCN(c2cccc(OC)c2)CC1. The third-order valence-corrected chi connectivity index (χ3v) is 4.06. The zero-order valence-corrected chi connectivity index (χ0v) is 12.4. The molecule has 19 heavy (non-hydrogen) atoms. The maximum atomic E-state index is 5.30. The van der Waals surface area contributed by atoms with Gasteiger partial charge in [-0.25, -0.2) is 0 Å². The predicted molar refractivity (Wildman–Crippen MR) is 81.1 cm³/mol. The number of benzene rings is 1. The molecule has 1 aliphatic rings.